The van der Waals surface area contributed by atoms with Crippen molar-refractivity contribution in [2.24, 2.45) is 0 Å². The zero-order valence-corrected chi connectivity index (χ0v) is 16.7. The van der Waals surface area contributed by atoms with Gasteiger partial charge in [-0.2, -0.15) is 0 Å². The number of nitrogens with one attached hydrogen (secondary N) is 1. The van der Waals surface area contributed by atoms with Crippen molar-refractivity contribution >= 4 is 33.1 Å². The lowest BCUT2D eigenvalue weighted by atomic mass is 10.1. The van der Waals surface area contributed by atoms with E-state index in [4.69, 9.17) is 0 Å². The summed E-state index contributed by atoms with van der Waals surface area (Å²) in [4.78, 5) is 29.2. The van der Waals surface area contributed by atoms with Crippen molar-refractivity contribution in [1.82, 2.24) is 9.88 Å². The second kappa shape index (κ2) is 8.46. The van der Waals surface area contributed by atoms with Gasteiger partial charge in [0.1, 0.15) is 5.82 Å². The Morgan fingerprint density at radius 2 is 1.97 bits per heavy atom. The van der Waals surface area contributed by atoms with E-state index in [9.17, 15) is 19.3 Å². The summed E-state index contributed by atoms with van der Waals surface area (Å²) in [6.07, 6.45) is 2.52. The van der Waals surface area contributed by atoms with Crippen LogP contribution < -0.4 is 0 Å². The molecular weight excluding hydrogens is 405 g/mol. The molecule has 0 aliphatic heterocycles. The van der Waals surface area contributed by atoms with Gasteiger partial charge in [-0.05, 0) is 42.3 Å². The first kappa shape index (κ1) is 19.8. The van der Waals surface area contributed by atoms with E-state index in [0.29, 0.717) is 17.8 Å². The van der Waals surface area contributed by atoms with Gasteiger partial charge in [0.25, 0.3) is 5.91 Å². The molecule has 0 unspecified atom stereocenters. The highest BCUT2D eigenvalue weighted by Crippen LogP contribution is 2.26. The van der Waals surface area contributed by atoms with Crippen molar-refractivity contribution in [1.29, 1.82) is 0 Å². The highest BCUT2D eigenvalue weighted by molar-refractivity contribution is 7.15. The van der Waals surface area contributed by atoms with Crippen LogP contribution >= 0.6 is 11.3 Å². The smallest absolute Gasteiger partial charge is 0.324 e. The van der Waals surface area contributed by atoms with Crippen molar-refractivity contribution in [3.05, 3.63) is 98.8 Å². The lowest BCUT2D eigenvalue weighted by molar-refractivity contribution is -0.380. The maximum absolute atomic E-state index is 13.6. The molecule has 0 aliphatic rings. The average molecular weight is 423 g/mol. The molecule has 2 aromatic carbocycles. The SMILES string of the molecule is O=C(c1cccc(F)c1)N(CCc1c[nH]c2ccccc12)Cc1ccc([N+](=O)[O-])s1. The first-order chi connectivity index (χ1) is 14.5. The summed E-state index contributed by atoms with van der Waals surface area (Å²) in [5.74, 6) is -0.797. The van der Waals surface area contributed by atoms with Crippen LogP contribution in [0.15, 0.2) is 66.9 Å². The van der Waals surface area contributed by atoms with E-state index in [1.54, 1.807) is 17.0 Å². The molecule has 0 saturated heterocycles. The number of aromatic nitrogens is 1. The number of rotatable bonds is 7. The molecule has 0 bridgehead atoms. The maximum atomic E-state index is 13.6. The van der Waals surface area contributed by atoms with Gasteiger partial charge in [-0.15, -0.1) is 0 Å². The monoisotopic (exact) mass is 423 g/mol. The molecule has 0 aliphatic carbocycles. The topological polar surface area (TPSA) is 79.2 Å². The van der Waals surface area contributed by atoms with Gasteiger partial charge < -0.3 is 9.88 Å². The molecule has 0 radical (unpaired) electrons. The minimum atomic E-state index is -0.482. The summed E-state index contributed by atoms with van der Waals surface area (Å²) in [5.41, 5.74) is 2.34. The molecule has 8 heteroatoms. The molecule has 0 atom stereocenters. The van der Waals surface area contributed by atoms with E-state index in [2.05, 4.69) is 4.98 Å². The highest BCUT2D eigenvalue weighted by Gasteiger charge is 2.20. The second-order valence-corrected chi connectivity index (χ2v) is 7.99. The van der Waals surface area contributed by atoms with Crippen LogP contribution in [0, 0.1) is 15.9 Å². The van der Waals surface area contributed by atoms with Crippen LogP contribution in [-0.2, 0) is 13.0 Å². The number of fused-ring (bicyclic) bond motifs is 1. The fourth-order valence-corrected chi connectivity index (χ4v) is 4.22. The number of halogens is 1. The van der Waals surface area contributed by atoms with E-state index in [-0.39, 0.29) is 23.0 Å². The fourth-order valence-electron chi connectivity index (χ4n) is 3.39. The Hall–Kier alpha value is -3.52. The number of para-hydroxylation sites is 1. The number of aromatic amines is 1. The largest absolute Gasteiger partial charge is 0.361 e. The Morgan fingerprint density at radius 3 is 2.73 bits per heavy atom. The Kier molecular flexibility index (Phi) is 5.58. The Labute approximate surface area is 175 Å². The minimum absolute atomic E-state index is 0.0276. The third-order valence-electron chi connectivity index (χ3n) is 4.86. The third-order valence-corrected chi connectivity index (χ3v) is 5.88. The molecule has 2 heterocycles. The van der Waals surface area contributed by atoms with Gasteiger partial charge in [-0.1, -0.05) is 35.6 Å². The number of hydrogen-bond acceptors (Lipinski definition) is 4. The van der Waals surface area contributed by atoms with E-state index >= 15 is 0 Å². The first-order valence-electron chi connectivity index (χ1n) is 9.34. The maximum Gasteiger partial charge on any atom is 0.324 e. The molecule has 4 rings (SSSR count). The fraction of sp³-hybridized carbons (Fsp3) is 0.136. The summed E-state index contributed by atoms with van der Waals surface area (Å²) < 4.78 is 13.6. The summed E-state index contributed by atoms with van der Waals surface area (Å²) >= 11 is 1.04. The number of carbonyl (C=O) groups excluding carboxylic acids is 1. The number of nitro groups is 1. The summed E-state index contributed by atoms with van der Waals surface area (Å²) in [6, 6.07) is 16.6. The van der Waals surface area contributed by atoms with Crippen LogP contribution in [0.1, 0.15) is 20.8 Å². The molecule has 152 valence electrons. The number of H-pyrrole nitrogens is 1. The van der Waals surface area contributed by atoms with Crippen molar-refractivity contribution < 1.29 is 14.1 Å². The third kappa shape index (κ3) is 4.23. The number of amides is 1. The van der Waals surface area contributed by atoms with Gasteiger partial charge in [-0.25, -0.2) is 4.39 Å². The summed E-state index contributed by atoms with van der Waals surface area (Å²) in [5, 5.41) is 12.1. The average Bonchev–Trinajstić information content (AvgIpc) is 3.38. The predicted molar refractivity (Wildman–Crippen MR) is 114 cm³/mol. The molecule has 0 saturated carbocycles. The van der Waals surface area contributed by atoms with Gasteiger partial charge in [-0.3, -0.25) is 14.9 Å². The van der Waals surface area contributed by atoms with Gasteiger partial charge in [0, 0.05) is 40.2 Å². The van der Waals surface area contributed by atoms with Crippen LogP contribution in [0.5, 0.6) is 0 Å². The van der Waals surface area contributed by atoms with Gasteiger partial charge >= 0.3 is 5.00 Å². The molecule has 30 heavy (non-hydrogen) atoms. The van der Waals surface area contributed by atoms with Crippen LogP contribution in [0.25, 0.3) is 10.9 Å². The molecule has 4 aromatic rings. The van der Waals surface area contributed by atoms with Crippen molar-refractivity contribution in [2.75, 3.05) is 6.54 Å². The van der Waals surface area contributed by atoms with E-state index in [1.807, 2.05) is 30.5 Å². The summed E-state index contributed by atoms with van der Waals surface area (Å²) in [7, 11) is 0. The molecule has 0 fully saturated rings. The van der Waals surface area contributed by atoms with Crippen molar-refractivity contribution in [2.45, 2.75) is 13.0 Å². The Bertz CT molecular complexity index is 1220. The zero-order chi connectivity index (χ0) is 21.1. The molecule has 6 nitrogen and oxygen atoms in total. The van der Waals surface area contributed by atoms with E-state index in [1.165, 1.54) is 24.3 Å². The minimum Gasteiger partial charge on any atom is -0.361 e. The lowest BCUT2D eigenvalue weighted by Gasteiger charge is -2.22. The van der Waals surface area contributed by atoms with Crippen LogP contribution in [0.4, 0.5) is 9.39 Å². The standard InChI is InChI=1S/C22H18FN3O3S/c23-17-5-3-4-15(12-17)22(27)25(14-18-8-9-21(30-18)26(28)29)11-10-16-13-24-20-7-2-1-6-19(16)20/h1-9,12-13,24H,10-11,14H2. The van der Waals surface area contributed by atoms with Crippen LogP contribution in [0.2, 0.25) is 0 Å². The quantitative estimate of drug-likeness (QED) is 0.329. The van der Waals surface area contributed by atoms with E-state index < -0.39 is 10.7 Å². The Morgan fingerprint density at radius 1 is 1.13 bits per heavy atom. The predicted octanol–water partition coefficient (Wildman–Crippen LogP) is 5.16. The van der Waals surface area contributed by atoms with E-state index in [0.717, 1.165) is 27.8 Å². The first-order valence-corrected chi connectivity index (χ1v) is 10.2. The Balaban J connectivity index is 1.58. The van der Waals surface area contributed by atoms with Crippen molar-refractivity contribution in [3.63, 3.8) is 0 Å². The van der Waals surface area contributed by atoms with Gasteiger partial charge in [0.15, 0.2) is 0 Å². The van der Waals surface area contributed by atoms with Crippen molar-refractivity contribution in [3.8, 4) is 0 Å². The molecular formula is C22H18FN3O3S. The molecule has 1 N–H and O–H groups in total. The zero-order valence-electron chi connectivity index (χ0n) is 15.9. The van der Waals surface area contributed by atoms with Gasteiger partial charge in [0.05, 0.1) is 11.5 Å². The number of carbonyl (C=O) groups is 1. The lowest BCUT2D eigenvalue weighted by Crippen LogP contribution is -2.32. The van der Waals surface area contributed by atoms with Crippen LogP contribution in [-0.4, -0.2) is 27.3 Å². The number of nitrogens with zero attached hydrogens (tertiary/aromatic N) is 2. The normalized spacial score (nSPS) is 11.0. The molecule has 1 amide bonds. The summed E-state index contributed by atoms with van der Waals surface area (Å²) in [6.45, 7) is 0.610. The molecule has 2 aromatic heterocycles. The number of benzene rings is 2. The molecule has 0 spiro atoms. The highest BCUT2D eigenvalue weighted by atomic mass is 32.1. The van der Waals surface area contributed by atoms with Gasteiger partial charge in [0.2, 0.25) is 0 Å². The number of hydrogen-bond donors (Lipinski definition) is 1. The second-order valence-electron chi connectivity index (χ2n) is 6.84. The number of thiophene rings is 1. The van der Waals surface area contributed by atoms with Crippen LogP contribution in [0.3, 0.4) is 0 Å².